The van der Waals surface area contributed by atoms with Crippen LogP contribution in [0.2, 0.25) is 0 Å². The SMILES string of the molecule is Cc1nonc1CC(=O)N1CCOC(c2cc(CCOc3ccc(C(C)C)cc3)[nH]n2)C1. The van der Waals surface area contributed by atoms with Gasteiger partial charge in [0.2, 0.25) is 5.91 Å². The van der Waals surface area contributed by atoms with Gasteiger partial charge in [-0.2, -0.15) is 5.10 Å². The molecule has 0 aliphatic carbocycles. The van der Waals surface area contributed by atoms with Gasteiger partial charge in [0, 0.05) is 18.7 Å². The third-order valence-corrected chi connectivity index (χ3v) is 5.65. The maximum Gasteiger partial charge on any atom is 0.228 e. The molecule has 9 heteroatoms. The van der Waals surface area contributed by atoms with E-state index in [1.807, 2.05) is 18.2 Å². The second-order valence-electron chi connectivity index (χ2n) is 8.31. The van der Waals surface area contributed by atoms with Crippen molar-refractivity contribution in [2.24, 2.45) is 0 Å². The molecule has 170 valence electrons. The summed E-state index contributed by atoms with van der Waals surface area (Å²) in [7, 11) is 0. The summed E-state index contributed by atoms with van der Waals surface area (Å²) in [6.45, 7) is 8.12. The average Bonchev–Trinajstić information content (AvgIpc) is 3.43. The first-order chi connectivity index (χ1) is 15.5. The number of nitrogens with zero attached hydrogens (tertiary/aromatic N) is 4. The molecule has 0 radical (unpaired) electrons. The number of rotatable bonds is 8. The van der Waals surface area contributed by atoms with Crippen molar-refractivity contribution in [1.82, 2.24) is 25.4 Å². The van der Waals surface area contributed by atoms with Crippen LogP contribution in [0.15, 0.2) is 35.0 Å². The third kappa shape index (κ3) is 5.34. The molecule has 4 rings (SSSR count). The smallest absolute Gasteiger partial charge is 0.228 e. The Balaban J connectivity index is 1.28. The van der Waals surface area contributed by atoms with E-state index in [-0.39, 0.29) is 18.4 Å². The monoisotopic (exact) mass is 439 g/mol. The van der Waals surface area contributed by atoms with E-state index in [0.29, 0.717) is 50.0 Å². The molecule has 1 N–H and O–H groups in total. The van der Waals surface area contributed by atoms with Gasteiger partial charge in [0.05, 0.1) is 31.9 Å². The molecule has 1 aliphatic rings. The lowest BCUT2D eigenvalue weighted by Crippen LogP contribution is -2.43. The minimum absolute atomic E-state index is 0.0234. The molecule has 0 spiro atoms. The zero-order chi connectivity index (χ0) is 22.5. The highest BCUT2D eigenvalue weighted by molar-refractivity contribution is 5.78. The molecule has 32 heavy (non-hydrogen) atoms. The minimum atomic E-state index is -0.265. The molecule has 1 aliphatic heterocycles. The van der Waals surface area contributed by atoms with Crippen LogP contribution in [-0.2, 0) is 22.4 Å². The van der Waals surface area contributed by atoms with Crippen molar-refractivity contribution < 1.29 is 18.9 Å². The van der Waals surface area contributed by atoms with E-state index in [1.165, 1.54) is 5.56 Å². The number of carbonyl (C=O) groups excluding carboxylic acids is 1. The van der Waals surface area contributed by atoms with Gasteiger partial charge < -0.3 is 14.4 Å². The van der Waals surface area contributed by atoms with Gasteiger partial charge in [0.15, 0.2) is 0 Å². The molecule has 3 heterocycles. The number of ether oxygens (including phenoxy) is 2. The molecular weight excluding hydrogens is 410 g/mol. The normalized spacial score (nSPS) is 16.5. The molecule has 3 aromatic rings. The van der Waals surface area contributed by atoms with E-state index < -0.39 is 0 Å². The maximum absolute atomic E-state index is 12.7. The standard InChI is InChI=1S/C23H29N5O4/c1-15(2)17-4-6-19(7-5-17)30-10-8-18-12-21(25-24-18)22-14-28(9-11-31-22)23(29)13-20-16(3)26-32-27-20/h4-7,12,15,22H,8-11,13-14H2,1-3H3,(H,24,25). The molecule has 1 amide bonds. The summed E-state index contributed by atoms with van der Waals surface area (Å²) in [5.74, 6) is 1.34. The van der Waals surface area contributed by atoms with Crippen LogP contribution in [0.5, 0.6) is 5.75 Å². The Morgan fingerprint density at radius 2 is 2.09 bits per heavy atom. The molecule has 9 nitrogen and oxygen atoms in total. The van der Waals surface area contributed by atoms with Gasteiger partial charge in [-0.3, -0.25) is 9.89 Å². The first-order valence-corrected chi connectivity index (χ1v) is 10.9. The number of hydrogen-bond donors (Lipinski definition) is 1. The third-order valence-electron chi connectivity index (χ3n) is 5.65. The number of benzene rings is 1. The predicted octanol–water partition coefficient (Wildman–Crippen LogP) is 2.99. The number of aryl methyl sites for hydroxylation is 1. The minimum Gasteiger partial charge on any atom is -0.493 e. The van der Waals surface area contributed by atoms with Crippen LogP contribution < -0.4 is 4.74 Å². The number of morpholine rings is 1. The summed E-state index contributed by atoms with van der Waals surface area (Å²) >= 11 is 0. The summed E-state index contributed by atoms with van der Waals surface area (Å²) in [5.41, 5.74) is 4.26. The van der Waals surface area contributed by atoms with Gasteiger partial charge in [0.1, 0.15) is 23.2 Å². The Hall–Kier alpha value is -3.20. The van der Waals surface area contributed by atoms with Crippen LogP contribution in [0.25, 0.3) is 0 Å². The molecule has 0 saturated carbocycles. The lowest BCUT2D eigenvalue weighted by molar-refractivity contribution is -0.138. The van der Waals surface area contributed by atoms with Crippen molar-refractivity contribution in [2.75, 3.05) is 26.3 Å². The fourth-order valence-corrected chi connectivity index (χ4v) is 3.62. The summed E-state index contributed by atoms with van der Waals surface area (Å²) in [5, 5.41) is 15.0. The van der Waals surface area contributed by atoms with Crippen molar-refractivity contribution >= 4 is 5.91 Å². The predicted molar refractivity (Wildman–Crippen MR) is 116 cm³/mol. The van der Waals surface area contributed by atoms with Gasteiger partial charge in [-0.1, -0.05) is 36.3 Å². The van der Waals surface area contributed by atoms with Crippen LogP contribution in [0, 0.1) is 6.92 Å². The number of aromatic amines is 1. The van der Waals surface area contributed by atoms with Crippen LogP contribution in [-0.4, -0.2) is 57.6 Å². The van der Waals surface area contributed by atoms with Crippen LogP contribution in [0.4, 0.5) is 0 Å². The lowest BCUT2D eigenvalue weighted by atomic mass is 10.0. The topological polar surface area (TPSA) is 106 Å². The molecule has 1 atom stereocenters. The lowest BCUT2D eigenvalue weighted by Gasteiger charge is -2.32. The summed E-state index contributed by atoms with van der Waals surface area (Å²) in [6.07, 6.45) is 0.606. The Labute approximate surface area is 187 Å². The highest BCUT2D eigenvalue weighted by Crippen LogP contribution is 2.23. The Morgan fingerprint density at radius 1 is 1.28 bits per heavy atom. The van der Waals surface area contributed by atoms with E-state index in [9.17, 15) is 4.79 Å². The first-order valence-electron chi connectivity index (χ1n) is 10.9. The van der Waals surface area contributed by atoms with E-state index in [4.69, 9.17) is 9.47 Å². The van der Waals surface area contributed by atoms with Crippen molar-refractivity contribution in [3.05, 3.63) is 58.7 Å². The maximum atomic E-state index is 12.7. The molecule has 0 bridgehead atoms. The van der Waals surface area contributed by atoms with E-state index >= 15 is 0 Å². The molecular formula is C23H29N5O4. The number of aromatic nitrogens is 4. The highest BCUT2D eigenvalue weighted by atomic mass is 16.6. The van der Waals surface area contributed by atoms with E-state index in [1.54, 1.807) is 11.8 Å². The Bertz CT molecular complexity index is 1030. The molecule has 1 fully saturated rings. The quantitative estimate of drug-likeness (QED) is 0.575. The first kappa shape index (κ1) is 22.0. The van der Waals surface area contributed by atoms with Gasteiger partial charge in [-0.05, 0) is 36.6 Å². The van der Waals surface area contributed by atoms with E-state index in [2.05, 4.69) is 51.1 Å². The number of amides is 1. The molecule has 2 aromatic heterocycles. The van der Waals surface area contributed by atoms with Gasteiger partial charge in [-0.15, -0.1) is 0 Å². The summed E-state index contributed by atoms with van der Waals surface area (Å²) in [6, 6.07) is 10.2. The van der Waals surface area contributed by atoms with Crippen LogP contribution in [0.1, 0.15) is 54.2 Å². The molecule has 1 unspecified atom stereocenters. The summed E-state index contributed by atoms with van der Waals surface area (Å²) < 4.78 is 16.4. The Morgan fingerprint density at radius 3 is 2.81 bits per heavy atom. The second kappa shape index (κ2) is 9.95. The fourth-order valence-electron chi connectivity index (χ4n) is 3.62. The number of nitrogens with one attached hydrogen (secondary N) is 1. The van der Waals surface area contributed by atoms with E-state index in [0.717, 1.165) is 17.1 Å². The molecule has 1 aromatic carbocycles. The van der Waals surface area contributed by atoms with Gasteiger partial charge in [-0.25, -0.2) is 4.63 Å². The Kier molecular flexibility index (Phi) is 6.84. The van der Waals surface area contributed by atoms with Gasteiger partial charge >= 0.3 is 0 Å². The number of carbonyl (C=O) groups is 1. The summed E-state index contributed by atoms with van der Waals surface area (Å²) in [4.78, 5) is 14.4. The zero-order valence-electron chi connectivity index (χ0n) is 18.7. The molecule has 1 saturated heterocycles. The zero-order valence-corrected chi connectivity index (χ0v) is 18.7. The number of hydrogen-bond acceptors (Lipinski definition) is 7. The van der Waals surface area contributed by atoms with Crippen molar-refractivity contribution in [3.8, 4) is 5.75 Å². The average molecular weight is 440 g/mol. The van der Waals surface area contributed by atoms with Crippen LogP contribution >= 0.6 is 0 Å². The van der Waals surface area contributed by atoms with Crippen molar-refractivity contribution in [3.63, 3.8) is 0 Å². The van der Waals surface area contributed by atoms with Gasteiger partial charge in [0.25, 0.3) is 0 Å². The van der Waals surface area contributed by atoms with Crippen molar-refractivity contribution in [1.29, 1.82) is 0 Å². The van der Waals surface area contributed by atoms with Crippen LogP contribution in [0.3, 0.4) is 0 Å². The fraction of sp³-hybridized carbons (Fsp3) is 0.478. The number of H-pyrrole nitrogens is 1. The van der Waals surface area contributed by atoms with Crippen molar-refractivity contribution in [2.45, 2.75) is 45.6 Å². The second-order valence-corrected chi connectivity index (χ2v) is 8.31. The largest absolute Gasteiger partial charge is 0.493 e. The highest BCUT2D eigenvalue weighted by Gasteiger charge is 2.28.